The topological polar surface area (TPSA) is 171 Å². The second-order valence-corrected chi connectivity index (χ2v) is 22.1. The molecule has 8 aromatic rings. The number of thiophene rings is 4. The fourth-order valence-electron chi connectivity index (χ4n) is 7.86. The van der Waals surface area contributed by atoms with Gasteiger partial charge >= 0.3 is 31.4 Å². The number of nitrogens with zero attached hydrogens (tertiary/aromatic N) is 6. The Morgan fingerprint density at radius 3 is 1.16 bits per heavy atom. The molecule has 0 aromatic carbocycles. The van der Waals surface area contributed by atoms with Crippen LogP contribution in [0, 0.1) is 0 Å². The molecule has 0 saturated heterocycles. The average Bonchev–Trinajstić information content (AvgIpc) is 4.30. The summed E-state index contributed by atoms with van der Waals surface area (Å²) < 4.78 is 0. The average molecular weight is 1220 g/mol. The molecular formula is C60H60N6O4RuS6. The number of hydrogen-bond acceptors (Lipinski definition) is 12. The fraction of sp³-hybridized carbons (Fsp3) is 0.267. The van der Waals surface area contributed by atoms with Crippen LogP contribution in [0.5, 0.6) is 0 Å². The molecule has 0 fully saturated rings. The summed E-state index contributed by atoms with van der Waals surface area (Å²) in [5.41, 5.74) is 6.71. The molecule has 398 valence electrons. The number of aliphatic carboxylic acids is 2. The van der Waals surface area contributed by atoms with Gasteiger partial charge in [0.1, 0.15) is 0 Å². The number of thiocarbonyl (C=S) groups is 2. The van der Waals surface area contributed by atoms with Crippen molar-refractivity contribution in [1.29, 1.82) is 0 Å². The van der Waals surface area contributed by atoms with Crippen LogP contribution in [0.15, 0.2) is 134 Å². The third-order valence-corrected chi connectivity index (χ3v) is 16.5. The Balaban J connectivity index is 0.000000368. The van der Waals surface area contributed by atoms with E-state index in [-0.39, 0.29) is 19.5 Å². The van der Waals surface area contributed by atoms with Gasteiger partial charge in [-0.1, -0.05) is 102 Å². The fourth-order valence-corrected chi connectivity index (χ4v) is 12.1. The molecule has 0 bridgehead atoms. The molecule has 0 radical (unpaired) electrons. The van der Waals surface area contributed by atoms with Gasteiger partial charge in [-0.05, 0) is 157 Å². The zero-order valence-electron chi connectivity index (χ0n) is 43.0. The molecule has 10 nitrogen and oxygen atoms in total. The van der Waals surface area contributed by atoms with E-state index in [9.17, 15) is 9.59 Å². The number of hydrogen-bond donors (Lipinski definition) is 2. The Hall–Kier alpha value is -5.96. The molecule has 0 unspecified atom stereocenters. The van der Waals surface area contributed by atoms with Crippen molar-refractivity contribution in [3.05, 3.63) is 166 Å². The minimum Gasteiger partial charge on any atom is -0.753 e. The third-order valence-electron chi connectivity index (χ3n) is 11.6. The van der Waals surface area contributed by atoms with Crippen LogP contribution in [0.2, 0.25) is 0 Å². The maximum atomic E-state index is 10.5. The van der Waals surface area contributed by atoms with E-state index in [0.717, 1.165) is 23.5 Å². The van der Waals surface area contributed by atoms with Crippen molar-refractivity contribution in [3.63, 3.8) is 0 Å². The summed E-state index contributed by atoms with van der Waals surface area (Å²) in [7, 11) is 0. The van der Waals surface area contributed by atoms with Crippen molar-refractivity contribution in [2.24, 2.45) is 0 Å². The Morgan fingerprint density at radius 1 is 0.468 bits per heavy atom. The van der Waals surface area contributed by atoms with Gasteiger partial charge in [-0.25, -0.2) is 9.59 Å². The molecule has 0 amide bonds. The molecule has 0 spiro atoms. The first-order chi connectivity index (χ1) is 37.1. The van der Waals surface area contributed by atoms with E-state index >= 15 is 0 Å². The number of carboxylic acid groups (broad SMARTS) is 2. The Labute approximate surface area is 492 Å². The number of carboxylic acids is 2. The van der Waals surface area contributed by atoms with Gasteiger partial charge < -0.3 is 21.0 Å². The monoisotopic (exact) mass is 1220 g/mol. The molecule has 0 aliphatic rings. The quantitative estimate of drug-likeness (QED) is 0.0195. The van der Waals surface area contributed by atoms with E-state index in [4.69, 9.17) is 31.0 Å². The normalized spacial score (nSPS) is 10.5. The second-order valence-electron chi connectivity index (χ2n) is 17.2. The number of rotatable bonds is 24. The number of carbonyl (C=O) groups is 2. The van der Waals surface area contributed by atoms with E-state index in [1.54, 1.807) is 36.7 Å². The van der Waals surface area contributed by atoms with Crippen molar-refractivity contribution in [2.45, 2.75) is 104 Å². The molecule has 8 rings (SSSR count). The Kier molecular flexibility index (Phi) is 29.9. The van der Waals surface area contributed by atoms with Crippen molar-refractivity contribution in [3.8, 4) is 63.2 Å². The van der Waals surface area contributed by atoms with Gasteiger partial charge in [0.15, 0.2) is 0 Å². The zero-order chi connectivity index (χ0) is 54.3. The van der Waals surface area contributed by atoms with Gasteiger partial charge in [-0.3, -0.25) is 19.9 Å². The first-order valence-corrected chi connectivity index (χ1v) is 29.2. The maximum absolute atomic E-state index is 10.5. The smallest absolute Gasteiger partial charge is 0.753 e. The molecule has 2 N–H and O–H groups in total. The summed E-state index contributed by atoms with van der Waals surface area (Å²) in [6.45, 7) is 4.57. The summed E-state index contributed by atoms with van der Waals surface area (Å²) in [4.78, 5) is 49.9. The third kappa shape index (κ3) is 22.5. The summed E-state index contributed by atoms with van der Waals surface area (Å²) in [5, 5.41) is 34.2. The van der Waals surface area contributed by atoms with Crippen LogP contribution in [-0.2, 0) is 41.9 Å². The van der Waals surface area contributed by atoms with Crippen LogP contribution in [0.3, 0.4) is 0 Å². The minimum atomic E-state index is -1.03. The first kappa shape index (κ1) is 63.6. The standard InChI is InChI=1S/C42H48N2S4.C16H12N2O4.2CNS.Ru/c1-3-5-7-9-11-13-15-33-17-19-39(45-33)41-23-21-37(47-41)31-25-27-43-35(29-31)36-30-32(26-28-44-36)38-22-24-42(48-38)40-20-18-34(46-40)16-14-12-10-8-6-4-2;19-15(20)3-1-11-5-7-17-13(9-11)14-10-12(6-8-18-14)2-4-16(21)22;2*2-1-3;/h17-30H,3-16H2,1-2H3;1-10H,(H,19,20)(H,21,22);;;/q;;2*-1;+2/b;3-1+,4-2+;;;. The van der Waals surface area contributed by atoms with Crippen molar-refractivity contribution >= 4 is 104 Å². The van der Waals surface area contributed by atoms with Gasteiger partial charge in [0, 0.05) is 76.0 Å². The SMILES string of the molecule is CCCCCCCCc1ccc(-c2ccc(-c3ccnc(-c4cc(-c5ccc(-c6ccc(CCCCCCCC)s6)s5)ccn4)c3)s2)s1.O=C(O)/C=C/c1ccnc(-c2cc(/C=C/C(=O)O)ccn2)c1.[N-]=C=S.[N-]=C=S.[Ru+2]. The largest absolute Gasteiger partial charge is 2.00 e. The summed E-state index contributed by atoms with van der Waals surface area (Å²) in [6.07, 6.45) is 30.6. The van der Waals surface area contributed by atoms with E-state index in [2.05, 4.69) is 121 Å². The van der Waals surface area contributed by atoms with Crippen LogP contribution in [-0.4, -0.2) is 52.4 Å². The zero-order valence-corrected chi connectivity index (χ0v) is 49.6. The van der Waals surface area contributed by atoms with Crippen LogP contribution in [0.25, 0.3) is 86.1 Å². The predicted molar refractivity (Wildman–Crippen MR) is 328 cm³/mol. The van der Waals surface area contributed by atoms with E-state index < -0.39 is 11.9 Å². The van der Waals surface area contributed by atoms with Crippen LogP contribution < -0.4 is 0 Å². The van der Waals surface area contributed by atoms with Gasteiger partial charge in [0.25, 0.3) is 0 Å². The van der Waals surface area contributed by atoms with E-state index in [0.29, 0.717) is 22.5 Å². The van der Waals surface area contributed by atoms with Crippen molar-refractivity contribution in [2.75, 3.05) is 0 Å². The predicted octanol–water partition coefficient (Wildman–Crippen LogP) is 18.5. The molecule has 0 aliphatic heterocycles. The van der Waals surface area contributed by atoms with Crippen molar-refractivity contribution < 1.29 is 39.3 Å². The Bertz CT molecular complexity index is 2990. The molecule has 8 heterocycles. The molecule has 77 heavy (non-hydrogen) atoms. The van der Waals surface area contributed by atoms with Gasteiger partial charge in [-0.15, -0.1) is 45.3 Å². The Morgan fingerprint density at radius 2 is 0.779 bits per heavy atom. The van der Waals surface area contributed by atoms with Crippen molar-refractivity contribution in [1.82, 2.24) is 19.9 Å². The van der Waals surface area contributed by atoms with Gasteiger partial charge in [0.2, 0.25) is 0 Å². The van der Waals surface area contributed by atoms with Crippen LogP contribution >= 0.6 is 69.8 Å². The summed E-state index contributed by atoms with van der Waals surface area (Å²) in [6, 6.07) is 33.7. The first-order valence-electron chi connectivity index (χ1n) is 25.2. The molecule has 8 aromatic heterocycles. The molecular weight excluding hydrogens is 1160 g/mol. The van der Waals surface area contributed by atoms with Gasteiger partial charge in [-0.2, -0.15) is 10.3 Å². The molecule has 0 aliphatic carbocycles. The molecule has 0 atom stereocenters. The molecule has 0 saturated carbocycles. The number of aromatic nitrogens is 4. The minimum absolute atomic E-state index is 0. The second kappa shape index (κ2) is 36.2. The number of aryl methyl sites for hydroxylation is 2. The number of isothiocyanates is 2. The number of unbranched alkanes of at least 4 members (excludes halogenated alkanes) is 10. The number of pyridine rings is 4. The van der Waals surface area contributed by atoms with Crippen LogP contribution in [0.1, 0.15) is 112 Å². The van der Waals surface area contributed by atoms with E-state index in [1.807, 2.05) is 57.7 Å². The summed E-state index contributed by atoms with van der Waals surface area (Å²) >= 11 is 15.1. The van der Waals surface area contributed by atoms with Crippen LogP contribution in [0.4, 0.5) is 0 Å². The molecule has 17 heteroatoms. The summed E-state index contributed by atoms with van der Waals surface area (Å²) in [5.74, 6) is -2.06. The maximum Gasteiger partial charge on any atom is 2.00 e. The van der Waals surface area contributed by atoms with Gasteiger partial charge in [0.05, 0.1) is 22.8 Å². The van der Waals surface area contributed by atoms with E-state index in [1.165, 1.54) is 163 Å².